The number of carboxylic acids is 1. The third-order valence-electron chi connectivity index (χ3n) is 2.17. The van der Waals surface area contributed by atoms with Crippen molar-refractivity contribution in [2.24, 2.45) is 0 Å². The molecule has 0 heterocycles. The largest absolute Gasteiger partial charge is 0.480 e. The molecule has 0 unspecified atom stereocenters. The minimum Gasteiger partial charge on any atom is -0.480 e. The number of nitro groups is 1. The molecular weight excluding hydrogens is 288 g/mol. The lowest BCUT2D eigenvalue weighted by Crippen LogP contribution is -2.38. The van der Waals surface area contributed by atoms with E-state index in [9.17, 15) is 32.5 Å². The minimum absolute atomic E-state index is 0.184. The number of nitro benzene ring substituents is 1. The van der Waals surface area contributed by atoms with E-state index >= 15 is 0 Å². The molecular formula is C10H8F4N2O4. The number of carbonyl (C=O) groups is 1. The lowest BCUT2D eigenvalue weighted by atomic mass is 10.2. The van der Waals surface area contributed by atoms with Gasteiger partial charge in [-0.05, 0) is 6.07 Å². The van der Waals surface area contributed by atoms with Gasteiger partial charge in [0.25, 0.3) is 5.69 Å². The van der Waals surface area contributed by atoms with Crippen LogP contribution in [-0.2, 0) is 4.79 Å². The highest BCUT2D eigenvalue weighted by Gasteiger charge is 2.34. The molecule has 0 atom stereocenters. The van der Waals surface area contributed by atoms with Crippen LogP contribution in [0.2, 0.25) is 0 Å². The molecule has 110 valence electrons. The summed E-state index contributed by atoms with van der Waals surface area (Å²) in [7, 11) is 0. The lowest BCUT2D eigenvalue weighted by molar-refractivity contribution is -0.384. The maximum Gasteiger partial charge on any atom is 0.405 e. The fourth-order valence-corrected chi connectivity index (χ4v) is 1.51. The highest BCUT2D eigenvalue weighted by atomic mass is 19.4. The molecule has 0 amide bonds. The van der Waals surface area contributed by atoms with Gasteiger partial charge in [-0.3, -0.25) is 14.9 Å². The fraction of sp³-hybridized carbons (Fsp3) is 0.300. The van der Waals surface area contributed by atoms with Crippen molar-refractivity contribution in [3.8, 4) is 0 Å². The zero-order valence-corrected chi connectivity index (χ0v) is 9.72. The molecule has 0 spiro atoms. The molecule has 0 bridgehead atoms. The second-order valence-electron chi connectivity index (χ2n) is 3.76. The zero-order chi connectivity index (χ0) is 15.5. The molecule has 6 nitrogen and oxygen atoms in total. The Morgan fingerprint density at radius 2 is 2.00 bits per heavy atom. The van der Waals surface area contributed by atoms with Crippen molar-refractivity contribution in [2.75, 3.05) is 18.0 Å². The maximum atomic E-state index is 13.1. The van der Waals surface area contributed by atoms with Crippen LogP contribution in [0, 0.1) is 15.9 Å². The SMILES string of the molecule is O=C(O)CN(CC(F)(F)F)c1cc(F)ccc1[N+](=O)[O-]. The van der Waals surface area contributed by atoms with E-state index in [4.69, 9.17) is 5.11 Å². The number of hydrogen-bond acceptors (Lipinski definition) is 4. The van der Waals surface area contributed by atoms with Gasteiger partial charge in [-0.25, -0.2) is 4.39 Å². The molecule has 20 heavy (non-hydrogen) atoms. The molecule has 0 saturated heterocycles. The molecule has 1 rings (SSSR count). The second-order valence-corrected chi connectivity index (χ2v) is 3.76. The average molecular weight is 296 g/mol. The first-order chi connectivity index (χ1) is 9.10. The van der Waals surface area contributed by atoms with Crippen LogP contribution in [0.1, 0.15) is 0 Å². The van der Waals surface area contributed by atoms with Gasteiger partial charge in [-0.2, -0.15) is 13.2 Å². The van der Waals surface area contributed by atoms with E-state index in [0.29, 0.717) is 18.2 Å². The van der Waals surface area contributed by atoms with Gasteiger partial charge >= 0.3 is 12.1 Å². The van der Waals surface area contributed by atoms with Gasteiger partial charge in [-0.15, -0.1) is 0 Å². The minimum atomic E-state index is -4.80. The van der Waals surface area contributed by atoms with Crippen LogP contribution in [0.25, 0.3) is 0 Å². The summed E-state index contributed by atoms with van der Waals surface area (Å²) < 4.78 is 50.2. The zero-order valence-electron chi connectivity index (χ0n) is 9.72. The average Bonchev–Trinajstić information content (AvgIpc) is 2.24. The van der Waals surface area contributed by atoms with Crippen LogP contribution in [0.15, 0.2) is 18.2 Å². The normalized spacial score (nSPS) is 11.2. The molecule has 1 aromatic rings. The highest BCUT2D eigenvalue weighted by Crippen LogP contribution is 2.31. The summed E-state index contributed by atoms with van der Waals surface area (Å²) in [5.41, 5.74) is -1.55. The van der Waals surface area contributed by atoms with Gasteiger partial charge in [0, 0.05) is 12.1 Å². The topological polar surface area (TPSA) is 83.7 Å². The fourth-order valence-electron chi connectivity index (χ4n) is 1.51. The monoisotopic (exact) mass is 296 g/mol. The number of anilines is 1. The van der Waals surface area contributed by atoms with Crippen LogP contribution in [0.4, 0.5) is 28.9 Å². The van der Waals surface area contributed by atoms with Gasteiger partial charge < -0.3 is 10.0 Å². The highest BCUT2D eigenvalue weighted by molar-refractivity contribution is 5.76. The molecule has 0 aliphatic heterocycles. The van der Waals surface area contributed by atoms with Gasteiger partial charge in [-0.1, -0.05) is 0 Å². The number of aliphatic carboxylic acids is 1. The Morgan fingerprint density at radius 3 is 2.45 bits per heavy atom. The Bertz CT molecular complexity index is 532. The van der Waals surface area contributed by atoms with E-state index in [1.165, 1.54) is 0 Å². The van der Waals surface area contributed by atoms with E-state index in [0.717, 1.165) is 0 Å². The number of benzene rings is 1. The molecule has 0 aliphatic rings. The first-order valence-electron chi connectivity index (χ1n) is 5.07. The van der Waals surface area contributed by atoms with Crippen molar-refractivity contribution < 1.29 is 32.4 Å². The molecule has 0 aromatic heterocycles. The van der Waals surface area contributed by atoms with E-state index < -0.39 is 47.4 Å². The van der Waals surface area contributed by atoms with Crippen LogP contribution >= 0.6 is 0 Å². The molecule has 10 heteroatoms. The summed E-state index contributed by atoms with van der Waals surface area (Å²) in [5.74, 6) is -2.64. The smallest absolute Gasteiger partial charge is 0.405 e. The van der Waals surface area contributed by atoms with Crippen LogP contribution in [0.5, 0.6) is 0 Å². The van der Waals surface area contributed by atoms with Crippen LogP contribution < -0.4 is 4.90 Å². The number of alkyl halides is 3. The third kappa shape index (κ3) is 4.37. The van der Waals surface area contributed by atoms with Crippen molar-refractivity contribution >= 4 is 17.3 Å². The van der Waals surface area contributed by atoms with Crippen molar-refractivity contribution in [1.29, 1.82) is 0 Å². The van der Waals surface area contributed by atoms with Crippen molar-refractivity contribution in [1.82, 2.24) is 0 Å². The number of hydrogen-bond donors (Lipinski definition) is 1. The summed E-state index contributed by atoms with van der Waals surface area (Å²) in [6.07, 6.45) is -4.80. The molecule has 0 radical (unpaired) electrons. The predicted octanol–water partition coefficient (Wildman–Crippen LogP) is 2.19. The Labute approximate surface area is 109 Å². The van der Waals surface area contributed by atoms with Gasteiger partial charge in [0.2, 0.25) is 0 Å². The summed E-state index contributed by atoms with van der Waals surface area (Å²) in [6.45, 7) is -2.90. The molecule has 0 aliphatic carbocycles. The lowest BCUT2D eigenvalue weighted by Gasteiger charge is -2.23. The van der Waals surface area contributed by atoms with Crippen molar-refractivity contribution in [2.45, 2.75) is 6.18 Å². The van der Waals surface area contributed by atoms with Crippen molar-refractivity contribution in [3.05, 3.63) is 34.1 Å². The molecule has 0 saturated carbocycles. The van der Waals surface area contributed by atoms with Crippen LogP contribution in [-0.4, -0.2) is 35.3 Å². The summed E-state index contributed by atoms with van der Waals surface area (Å²) in [4.78, 5) is 20.4. The van der Waals surface area contributed by atoms with Gasteiger partial charge in [0.1, 0.15) is 24.6 Å². The molecule has 1 N–H and O–H groups in total. The Hall–Kier alpha value is -2.39. The first kappa shape index (κ1) is 15.7. The number of nitrogens with zero attached hydrogens (tertiary/aromatic N) is 2. The summed E-state index contributed by atoms with van der Waals surface area (Å²) in [6, 6.07) is 1.87. The summed E-state index contributed by atoms with van der Waals surface area (Å²) >= 11 is 0. The van der Waals surface area contributed by atoms with Crippen LogP contribution in [0.3, 0.4) is 0 Å². The number of halogens is 4. The van der Waals surface area contributed by atoms with E-state index in [1.54, 1.807) is 0 Å². The maximum absolute atomic E-state index is 13.1. The van der Waals surface area contributed by atoms with Gasteiger partial charge in [0.05, 0.1) is 4.92 Å². The first-order valence-corrected chi connectivity index (χ1v) is 5.07. The van der Waals surface area contributed by atoms with E-state index in [1.807, 2.05) is 0 Å². The predicted molar refractivity (Wildman–Crippen MR) is 59.0 cm³/mol. The van der Waals surface area contributed by atoms with E-state index in [-0.39, 0.29) is 4.90 Å². The Kier molecular flexibility index (Phi) is 4.48. The number of rotatable bonds is 5. The molecule has 1 aromatic carbocycles. The van der Waals surface area contributed by atoms with E-state index in [2.05, 4.69) is 0 Å². The standard InChI is InChI=1S/C10H8F4N2O4/c11-6-1-2-7(16(19)20)8(3-6)15(4-9(17)18)5-10(12,13)14/h1-3H,4-5H2,(H,17,18). The second kappa shape index (κ2) is 5.72. The Morgan fingerprint density at radius 1 is 1.40 bits per heavy atom. The molecule has 0 fully saturated rings. The third-order valence-corrected chi connectivity index (χ3v) is 2.17. The van der Waals surface area contributed by atoms with Crippen molar-refractivity contribution in [3.63, 3.8) is 0 Å². The van der Waals surface area contributed by atoms with Gasteiger partial charge in [0.15, 0.2) is 0 Å². The quantitative estimate of drug-likeness (QED) is 0.511. The number of carboxylic acid groups (broad SMARTS) is 1. The Balaban J connectivity index is 3.28. The summed E-state index contributed by atoms with van der Waals surface area (Å²) in [5, 5.41) is 19.3.